The summed E-state index contributed by atoms with van der Waals surface area (Å²) in [4.78, 5) is 28.4. The van der Waals surface area contributed by atoms with E-state index in [1.807, 2.05) is 26.0 Å². The van der Waals surface area contributed by atoms with Crippen LogP contribution in [0.15, 0.2) is 12.1 Å². The molecule has 0 spiro atoms. The van der Waals surface area contributed by atoms with Crippen LogP contribution >= 0.6 is 11.3 Å². The largest absolute Gasteiger partial charge is 0.465 e. The van der Waals surface area contributed by atoms with E-state index < -0.39 is 5.97 Å². The van der Waals surface area contributed by atoms with Gasteiger partial charge in [0.25, 0.3) is 0 Å². The molecule has 0 unspecified atom stereocenters. The number of rotatable bonds is 4. The van der Waals surface area contributed by atoms with Gasteiger partial charge in [-0.15, -0.1) is 5.10 Å². The molecule has 2 heterocycles. The summed E-state index contributed by atoms with van der Waals surface area (Å²) in [6.07, 6.45) is 0. The van der Waals surface area contributed by atoms with Crippen LogP contribution in [-0.2, 0) is 16.1 Å². The zero-order chi connectivity index (χ0) is 18.1. The molecule has 0 aliphatic heterocycles. The van der Waals surface area contributed by atoms with Crippen molar-refractivity contribution in [2.75, 3.05) is 12.4 Å². The fraction of sp³-hybridized carbons (Fsp3) is 0.312. The number of ether oxygens (including phenoxy) is 1. The molecule has 9 heteroatoms. The lowest BCUT2D eigenvalue weighted by Gasteiger charge is -2.04. The second-order valence-corrected chi connectivity index (χ2v) is 6.64. The van der Waals surface area contributed by atoms with Crippen molar-refractivity contribution >= 4 is 39.4 Å². The van der Waals surface area contributed by atoms with Gasteiger partial charge in [0.1, 0.15) is 16.9 Å². The highest BCUT2D eigenvalue weighted by Crippen LogP contribution is 2.23. The van der Waals surface area contributed by atoms with Gasteiger partial charge in [-0.3, -0.25) is 4.79 Å². The van der Waals surface area contributed by atoms with Gasteiger partial charge >= 0.3 is 5.97 Å². The summed E-state index contributed by atoms with van der Waals surface area (Å²) in [5.74, 6) is -0.765. The summed E-state index contributed by atoms with van der Waals surface area (Å²) < 4.78 is 6.23. The zero-order valence-electron chi connectivity index (χ0n) is 14.3. The highest BCUT2D eigenvalue weighted by molar-refractivity contribution is 7.17. The molecule has 0 aliphatic rings. The molecule has 0 radical (unpaired) electrons. The van der Waals surface area contributed by atoms with Gasteiger partial charge in [0.15, 0.2) is 5.13 Å². The van der Waals surface area contributed by atoms with Crippen molar-refractivity contribution in [1.29, 1.82) is 0 Å². The van der Waals surface area contributed by atoms with Crippen molar-refractivity contribution in [1.82, 2.24) is 20.0 Å². The lowest BCUT2D eigenvalue weighted by Crippen LogP contribution is -2.19. The van der Waals surface area contributed by atoms with E-state index in [0.717, 1.165) is 33.5 Å². The van der Waals surface area contributed by atoms with Crippen molar-refractivity contribution < 1.29 is 14.3 Å². The molecule has 0 atom stereocenters. The standard InChI is InChI=1S/C16H17N5O3S/c1-8-5-11-12(6-9(8)2)21(20-19-11)7-13(22)18-16-17-10(3)14(25-16)15(23)24-4/h5-6H,7H2,1-4H3,(H,17,18,22). The van der Waals surface area contributed by atoms with E-state index in [1.165, 1.54) is 7.11 Å². The molecular formula is C16H17N5O3S. The number of carbonyl (C=O) groups excluding carboxylic acids is 2. The number of thiazole rings is 1. The van der Waals surface area contributed by atoms with Gasteiger partial charge in [0.2, 0.25) is 5.91 Å². The topological polar surface area (TPSA) is 99.0 Å². The number of hydrogen-bond donors (Lipinski definition) is 1. The first-order valence-corrected chi connectivity index (χ1v) is 8.36. The smallest absolute Gasteiger partial charge is 0.350 e. The summed E-state index contributed by atoms with van der Waals surface area (Å²) in [5.41, 5.74) is 4.29. The van der Waals surface area contributed by atoms with Crippen LogP contribution < -0.4 is 5.32 Å². The SMILES string of the molecule is COC(=O)c1sc(NC(=O)Cn2nnc3cc(C)c(C)cc32)nc1C. The fourth-order valence-electron chi connectivity index (χ4n) is 2.37. The molecule has 1 amide bonds. The number of amides is 1. The number of nitrogens with one attached hydrogen (secondary N) is 1. The van der Waals surface area contributed by atoms with E-state index in [4.69, 9.17) is 0 Å². The molecule has 130 valence electrons. The Bertz CT molecular complexity index is 976. The van der Waals surface area contributed by atoms with Crippen molar-refractivity contribution in [2.24, 2.45) is 0 Å². The first kappa shape index (κ1) is 17.0. The Balaban J connectivity index is 1.77. The Hall–Kier alpha value is -2.81. The van der Waals surface area contributed by atoms with E-state index in [-0.39, 0.29) is 12.5 Å². The maximum atomic E-state index is 12.3. The van der Waals surface area contributed by atoms with Gasteiger partial charge in [-0.05, 0) is 44.0 Å². The van der Waals surface area contributed by atoms with Gasteiger partial charge in [-0.25, -0.2) is 14.5 Å². The summed E-state index contributed by atoms with van der Waals surface area (Å²) in [5, 5.41) is 11.2. The highest BCUT2D eigenvalue weighted by Gasteiger charge is 2.17. The quantitative estimate of drug-likeness (QED) is 0.717. The zero-order valence-corrected chi connectivity index (χ0v) is 15.1. The second kappa shape index (κ2) is 6.60. The number of esters is 1. The van der Waals surface area contributed by atoms with Gasteiger partial charge in [-0.1, -0.05) is 16.6 Å². The normalized spacial score (nSPS) is 10.9. The molecule has 3 aromatic rings. The lowest BCUT2D eigenvalue weighted by molar-refractivity contribution is -0.116. The number of benzene rings is 1. The Kier molecular flexibility index (Phi) is 4.49. The van der Waals surface area contributed by atoms with Gasteiger partial charge in [-0.2, -0.15) is 0 Å². The van der Waals surface area contributed by atoms with Crippen LogP contribution in [0.25, 0.3) is 11.0 Å². The minimum Gasteiger partial charge on any atom is -0.465 e. The van der Waals surface area contributed by atoms with Crippen LogP contribution in [0.4, 0.5) is 5.13 Å². The average Bonchev–Trinajstić information content (AvgIpc) is 3.11. The van der Waals surface area contributed by atoms with Crippen LogP contribution in [-0.4, -0.2) is 39.0 Å². The number of carbonyl (C=O) groups is 2. The summed E-state index contributed by atoms with van der Waals surface area (Å²) in [6.45, 7) is 5.70. The predicted octanol–water partition coefficient (Wildman–Crippen LogP) is 2.24. The van der Waals surface area contributed by atoms with E-state index in [9.17, 15) is 9.59 Å². The molecule has 8 nitrogen and oxygen atoms in total. The third-order valence-electron chi connectivity index (χ3n) is 3.84. The van der Waals surface area contributed by atoms with Crippen molar-refractivity contribution in [3.05, 3.63) is 33.8 Å². The molecule has 0 saturated heterocycles. The number of aryl methyl sites for hydroxylation is 3. The highest BCUT2D eigenvalue weighted by atomic mass is 32.1. The fourth-order valence-corrected chi connectivity index (χ4v) is 3.27. The van der Waals surface area contributed by atoms with Crippen LogP contribution in [0.1, 0.15) is 26.5 Å². The summed E-state index contributed by atoms with van der Waals surface area (Å²) in [6, 6.07) is 3.90. The van der Waals surface area contributed by atoms with E-state index in [0.29, 0.717) is 15.7 Å². The molecule has 25 heavy (non-hydrogen) atoms. The molecule has 1 aromatic carbocycles. The average molecular weight is 359 g/mol. The van der Waals surface area contributed by atoms with Gasteiger partial charge in [0.05, 0.1) is 18.3 Å². The lowest BCUT2D eigenvalue weighted by atomic mass is 10.1. The number of hydrogen-bond acceptors (Lipinski definition) is 7. The Labute approximate surface area is 147 Å². The Morgan fingerprint density at radius 2 is 1.96 bits per heavy atom. The Morgan fingerprint density at radius 1 is 1.24 bits per heavy atom. The number of nitrogens with zero attached hydrogens (tertiary/aromatic N) is 4. The number of aromatic nitrogens is 4. The predicted molar refractivity (Wildman–Crippen MR) is 93.8 cm³/mol. The van der Waals surface area contributed by atoms with E-state index in [1.54, 1.807) is 11.6 Å². The monoisotopic (exact) mass is 359 g/mol. The molecule has 0 saturated carbocycles. The van der Waals surface area contributed by atoms with Crippen molar-refractivity contribution in [3.8, 4) is 0 Å². The van der Waals surface area contributed by atoms with Crippen LogP contribution in [0.5, 0.6) is 0 Å². The molecule has 3 rings (SSSR count). The molecule has 0 aliphatic carbocycles. The van der Waals surface area contributed by atoms with E-state index in [2.05, 4.69) is 25.3 Å². The molecular weight excluding hydrogens is 342 g/mol. The molecule has 1 N–H and O–H groups in total. The molecule has 0 bridgehead atoms. The van der Waals surface area contributed by atoms with E-state index >= 15 is 0 Å². The number of methoxy groups -OCH3 is 1. The van der Waals surface area contributed by atoms with Crippen molar-refractivity contribution in [2.45, 2.75) is 27.3 Å². The minimum absolute atomic E-state index is 0.00514. The first-order chi connectivity index (χ1) is 11.9. The van der Waals surface area contributed by atoms with Crippen LogP contribution in [0, 0.1) is 20.8 Å². The molecule has 0 fully saturated rings. The minimum atomic E-state index is -0.469. The summed E-state index contributed by atoms with van der Waals surface area (Å²) >= 11 is 1.08. The maximum absolute atomic E-state index is 12.3. The maximum Gasteiger partial charge on any atom is 0.350 e. The van der Waals surface area contributed by atoms with Crippen molar-refractivity contribution in [3.63, 3.8) is 0 Å². The summed E-state index contributed by atoms with van der Waals surface area (Å²) in [7, 11) is 1.30. The third kappa shape index (κ3) is 3.36. The van der Waals surface area contributed by atoms with Crippen LogP contribution in [0.2, 0.25) is 0 Å². The second-order valence-electron chi connectivity index (χ2n) is 5.65. The first-order valence-electron chi connectivity index (χ1n) is 7.55. The van der Waals surface area contributed by atoms with Crippen LogP contribution in [0.3, 0.4) is 0 Å². The number of anilines is 1. The molecule has 2 aromatic heterocycles. The Morgan fingerprint density at radius 3 is 2.68 bits per heavy atom. The van der Waals surface area contributed by atoms with Gasteiger partial charge in [0, 0.05) is 0 Å². The third-order valence-corrected chi connectivity index (χ3v) is 4.89. The number of fused-ring (bicyclic) bond motifs is 1. The van der Waals surface area contributed by atoms with Gasteiger partial charge < -0.3 is 10.1 Å².